The number of alkyl halides is 2. The van der Waals surface area contributed by atoms with Crippen LogP contribution in [0.15, 0.2) is 61.2 Å². The van der Waals surface area contributed by atoms with E-state index in [1.54, 1.807) is 31.3 Å². The lowest BCUT2D eigenvalue weighted by atomic mass is 10.1. The number of rotatable bonds is 6. The molecule has 3 rings (SSSR count). The Kier molecular flexibility index (Phi) is 5.03. The average molecular weight is 375 g/mol. The van der Waals surface area contributed by atoms with Crippen LogP contribution in [0.25, 0.3) is 11.3 Å². The third-order valence-corrected chi connectivity index (χ3v) is 4.19. The zero-order valence-corrected chi connectivity index (χ0v) is 14.5. The molecule has 3 nitrogen and oxygen atoms in total. The maximum Gasteiger partial charge on any atom is 0.309 e. The Labute approximate surface area is 153 Å². The fourth-order valence-electron chi connectivity index (χ4n) is 2.66. The molecule has 0 aliphatic rings. The molecule has 0 atom stereocenters. The number of hydrogen-bond donors (Lipinski definition) is 1. The molecular weight excluding hydrogens is 358 g/mol. The second kappa shape index (κ2) is 7.26. The van der Waals surface area contributed by atoms with Crippen LogP contribution in [-0.4, -0.2) is 9.78 Å². The quantitative estimate of drug-likeness (QED) is 0.471. The van der Waals surface area contributed by atoms with Gasteiger partial charge >= 0.3 is 5.92 Å². The van der Waals surface area contributed by atoms with E-state index >= 15 is 0 Å². The van der Waals surface area contributed by atoms with Crippen LogP contribution in [0.2, 0.25) is 0 Å². The number of aryl methyl sites for hydroxylation is 1. The van der Waals surface area contributed by atoms with Gasteiger partial charge in [0.1, 0.15) is 17.3 Å². The Bertz CT molecular complexity index is 942. The Morgan fingerprint density at radius 2 is 1.74 bits per heavy atom. The maximum atomic E-state index is 13.7. The van der Waals surface area contributed by atoms with Crippen LogP contribution in [0.5, 0.6) is 0 Å². The van der Waals surface area contributed by atoms with Crippen molar-refractivity contribution in [2.75, 3.05) is 5.32 Å². The van der Waals surface area contributed by atoms with Crippen molar-refractivity contribution in [3.63, 3.8) is 0 Å². The van der Waals surface area contributed by atoms with E-state index < -0.39 is 17.6 Å². The van der Waals surface area contributed by atoms with Crippen LogP contribution >= 0.6 is 0 Å². The summed E-state index contributed by atoms with van der Waals surface area (Å²) in [6.07, 6.45) is 0.550. The van der Waals surface area contributed by atoms with Gasteiger partial charge < -0.3 is 5.32 Å². The zero-order chi connectivity index (χ0) is 19.6. The number of nitrogens with one attached hydrogen (secondary N) is 1. The van der Waals surface area contributed by atoms with E-state index in [9.17, 15) is 17.6 Å². The zero-order valence-electron chi connectivity index (χ0n) is 14.5. The standard InChI is InChI=1S/C20H17F4N3/c1-3-20(23,24)19-11-18(27(2)26-19)13-7-9-14(10-8-13)25-12-15-16(21)5-4-6-17(15)22/h3-11,25H,1,12H2,2H3. The smallest absolute Gasteiger partial charge is 0.309 e. The lowest BCUT2D eigenvalue weighted by Crippen LogP contribution is -2.10. The lowest BCUT2D eigenvalue weighted by molar-refractivity contribution is 0.0470. The first-order chi connectivity index (χ1) is 12.8. The molecule has 2 aromatic carbocycles. The van der Waals surface area contributed by atoms with Crippen LogP contribution in [0.3, 0.4) is 0 Å². The fourth-order valence-corrected chi connectivity index (χ4v) is 2.66. The summed E-state index contributed by atoms with van der Waals surface area (Å²) in [4.78, 5) is 0. The topological polar surface area (TPSA) is 29.9 Å². The van der Waals surface area contributed by atoms with Crippen molar-refractivity contribution >= 4 is 5.69 Å². The highest BCUT2D eigenvalue weighted by Gasteiger charge is 2.31. The van der Waals surface area contributed by atoms with Gasteiger partial charge in [-0.2, -0.15) is 13.9 Å². The SMILES string of the molecule is C=CC(F)(F)c1cc(-c2ccc(NCc3c(F)cccc3F)cc2)n(C)n1. The number of allylic oxidation sites excluding steroid dienone is 1. The molecule has 0 radical (unpaired) electrons. The Hall–Kier alpha value is -3.09. The first-order valence-electron chi connectivity index (χ1n) is 8.15. The number of benzene rings is 2. The summed E-state index contributed by atoms with van der Waals surface area (Å²) in [6, 6.07) is 11.8. The summed E-state index contributed by atoms with van der Waals surface area (Å²) in [7, 11) is 1.57. The van der Waals surface area contributed by atoms with Crippen molar-refractivity contribution in [3.8, 4) is 11.3 Å². The highest BCUT2D eigenvalue weighted by Crippen LogP contribution is 2.31. The van der Waals surface area contributed by atoms with Crippen LogP contribution < -0.4 is 5.32 Å². The van der Waals surface area contributed by atoms with Gasteiger partial charge in [-0.1, -0.05) is 24.8 Å². The molecule has 140 valence electrons. The minimum atomic E-state index is -3.21. The predicted octanol–water partition coefficient (Wildman–Crippen LogP) is 5.26. The summed E-state index contributed by atoms with van der Waals surface area (Å²) in [5, 5.41) is 6.78. The number of anilines is 1. The van der Waals surface area contributed by atoms with E-state index in [1.165, 1.54) is 28.9 Å². The molecule has 0 amide bonds. The van der Waals surface area contributed by atoms with Crippen LogP contribution in [0, 0.1) is 11.6 Å². The molecule has 0 bridgehead atoms. The summed E-state index contributed by atoms with van der Waals surface area (Å²) in [6.45, 7) is 3.11. The van der Waals surface area contributed by atoms with Gasteiger partial charge in [0.25, 0.3) is 0 Å². The van der Waals surface area contributed by atoms with Crippen LogP contribution in [-0.2, 0) is 19.5 Å². The molecule has 0 saturated carbocycles. The number of hydrogen-bond acceptors (Lipinski definition) is 2. The molecule has 0 spiro atoms. The van der Waals surface area contributed by atoms with E-state index in [0.29, 0.717) is 23.0 Å². The molecule has 1 N–H and O–H groups in total. The average Bonchev–Trinajstić information content (AvgIpc) is 3.04. The molecule has 7 heteroatoms. The molecule has 3 aromatic rings. The van der Waals surface area contributed by atoms with Crippen molar-refractivity contribution < 1.29 is 17.6 Å². The van der Waals surface area contributed by atoms with E-state index in [0.717, 1.165) is 0 Å². The Morgan fingerprint density at radius 3 is 2.33 bits per heavy atom. The van der Waals surface area contributed by atoms with E-state index in [1.807, 2.05) is 0 Å². The van der Waals surface area contributed by atoms with Gasteiger partial charge in [0.15, 0.2) is 0 Å². The van der Waals surface area contributed by atoms with Gasteiger partial charge in [0, 0.05) is 24.8 Å². The van der Waals surface area contributed by atoms with Gasteiger partial charge in [0.05, 0.1) is 5.69 Å². The summed E-state index contributed by atoms with van der Waals surface area (Å²) in [5.41, 5.74) is 1.40. The summed E-state index contributed by atoms with van der Waals surface area (Å²) >= 11 is 0. The normalized spacial score (nSPS) is 11.4. The Balaban J connectivity index is 1.77. The monoisotopic (exact) mass is 375 g/mol. The van der Waals surface area contributed by atoms with Crippen LogP contribution in [0.4, 0.5) is 23.2 Å². The fraction of sp³-hybridized carbons (Fsp3) is 0.150. The lowest BCUT2D eigenvalue weighted by Gasteiger charge is -2.09. The first-order valence-corrected chi connectivity index (χ1v) is 8.15. The molecular formula is C20H17F4N3. The molecule has 0 aliphatic heterocycles. The van der Waals surface area contributed by atoms with Gasteiger partial charge in [-0.25, -0.2) is 8.78 Å². The molecule has 0 unspecified atom stereocenters. The van der Waals surface area contributed by atoms with Gasteiger partial charge in [0.2, 0.25) is 0 Å². The van der Waals surface area contributed by atoms with E-state index in [4.69, 9.17) is 0 Å². The summed E-state index contributed by atoms with van der Waals surface area (Å²) < 4.78 is 56.1. The van der Waals surface area contributed by atoms with Gasteiger partial charge in [-0.05, 0) is 42.0 Å². The molecule has 1 aromatic heterocycles. The highest BCUT2D eigenvalue weighted by molar-refractivity contribution is 5.63. The van der Waals surface area contributed by atoms with Gasteiger partial charge in [-0.15, -0.1) is 0 Å². The maximum absolute atomic E-state index is 13.7. The number of nitrogens with zero attached hydrogens (tertiary/aromatic N) is 2. The summed E-state index contributed by atoms with van der Waals surface area (Å²) in [5.74, 6) is -4.45. The molecule has 0 fully saturated rings. The predicted molar refractivity (Wildman–Crippen MR) is 96.4 cm³/mol. The largest absolute Gasteiger partial charge is 0.381 e. The number of halogens is 4. The molecule has 0 saturated heterocycles. The van der Waals surface area contributed by atoms with Crippen molar-refractivity contribution in [1.82, 2.24) is 9.78 Å². The number of aromatic nitrogens is 2. The van der Waals surface area contributed by atoms with Crippen molar-refractivity contribution in [3.05, 3.63) is 84.1 Å². The van der Waals surface area contributed by atoms with Crippen LogP contribution in [0.1, 0.15) is 11.3 Å². The third kappa shape index (κ3) is 3.86. The highest BCUT2D eigenvalue weighted by atomic mass is 19.3. The minimum Gasteiger partial charge on any atom is -0.381 e. The second-order valence-corrected chi connectivity index (χ2v) is 6.00. The van der Waals surface area contributed by atoms with Gasteiger partial charge in [-0.3, -0.25) is 4.68 Å². The minimum absolute atomic E-state index is 0.0146. The first kappa shape index (κ1) is 18.7. The second-order valence-electron chi connectivity index (χ2n) is 6.00. The Morgan fingerprint density at radius 1 is 1.11 bits per heavy atom. The molecule has 27 heavy (non-hydrogen) atoms. The third-order valence-electron chi connectivity index (χ3n) is 4.19. The van der Waals surface area contributed by atoms with Crippen molar-refractivity contribution in [1.29, 1.82) is 0 Å². The van der Waals surface area contributed by atoms with Crippen molar-refractivity contribution in [2.24, 2.45) is 7.05 Å². The van der Waals surface area contributed by atoms with Crippen molar-refractivity contribution in [2.45, 2.75) is 12.5 Å². The van der Waals surface area contributed by atoms with E-state index in [-0.39, 0.29) is 17.8 Å². The molecule has 0 aliphatic carbocycles. The molecule has 1 heterocycles. The van der Waals surface area contributed by atoms with E-state index in [2.05, 4.69) is 17.0 Å².